The highest BCUT2D eigenvalue weighted by Crippen LogP contribution is 2.18. The van der Waals surface area contributed by atoms with Crippen molar-refractivity contribution in [3.63, 3.8) is 0 Å². The Hall–Kier alpha value is -2.31. The van der Waals surface area contributed by atoms with Crippen molar-refractivity contribution in [2.45, 2.75) is 59.9 Å². The number of unbranched alkanes of at least 4 members (excludes halogenated alkanes) is 2. The predicted molar refractivity (Wildman–Crippen MR) is 97.3 cm³/mol. The first-order valence-electron chi connectivity index (χ1n) is 8.42. The molecule has 1 aromatic rings. The second-order valence-corrected chi connectivity index (χ2v) is 6.06. The molecule has 0 saturated heterocycles. The summed E-state index contributed by atoms with van der Waals surface area (Å²) >= 11 is 0. The number of carbonyl (C=O) groups excluding carboxylic acids is 1. The number of amides is 1. The molecule has 1 rings (SSSR count). The summed E-state index contributed by atoms with van der Waals surface area (Å²) in [5.41, 5.74) is 5.81. The van der Waals surface area contributed by atoms with Crippen LogP contribution < -0.4 is 21.9 Å². The first-order valence-corrected chi connectivity index (χ1v) is 8.42. The van der Waals surface area contributed by atoms with Gasteiger partial charge < -0.3 is 10.6 Å². The first-order chi connectivity index (χ1) is 11.3. The Morgan fingerprint density at radius 3 is 2.38 bits per heavy atom. The standard InChI is InChI=1S/C17H28N4O3/c1-5-7-9-20(13(22)11-12(3)4)14-15(18)21(10-8-6-2)17(24)19-16(14)23/h11H,5-10,18H2,1-4H3,(H,19,23,24). The molecular weight excluding hydrogens is 308 g/mol. The van der Waals surface area contributed by atoms with Crippen LogP contribution in [0.15, 0.2) is 21.2 Å². The van der Waals surface area contributed by atoms with Gasteiger partial charge in [-0.1, -0.05) is 32.3 Å². The Morgan fingerprint density at radius 2 is 1.83 bits per heavy atom. The molecule has 0 aliphatic heterocycles. The molecule has 0 aromatic carbocycles. The van der Waals surface area contributed by atoms with Crippen LogP contribution in [0.5, 0.6) is 0 Å². The summed E-state index contributed by atoms with van der Waals surface area (Å²) in [7, 11) is 0. The first kappa shape index (κ1) is 19.7. The zero-order valence-corrected chi connectivity index (χ0v) is 15.0. The van der Waals surface area contributed by atoms with E-state index in [2.05, 4.69) is 4.98 Å². The molecule has 0 aliphatic carbocycles. The number of nitrogen functional groups attached to an aromatic ring is 1. The van der Waals surface area contributed by atoms with E-state index in [1.54, 1.807) is 0 Å². The van der Waals surface area contributed by atoms with Crippen LogP contribution in [-0.2, 0) is 11.3 Å². The maximum Gasteiger partial charge on any atom is 0.330 e. The van der Waals surface area contributed by atoms with Gasteiger partial charge in [0, 0.05) is 19.2 Å². The van der Waals surface area contributed by atoms with E-state index < -0.39 is 11.2 Å². The molecule has 1 heterocycles. The largest absolute Gasteiger partial charge is 0.383 e. The number of aromatic nitrogens is 2. The lowest BCUT2D eigenvalue weighted by Gasteiger charge is -2.23. The Morgan fingerprint density at radius 1 is 1.21 bits per heavy atom. The molecule has 134 valence electrons. The van der Waals surface area contributed by atoms with E-state index in [-0.39, 0.29) is 17.4 Å². The molecule has 0 atom stereocenters. The predicted octanol–water partition coefficient (Wildman–Crippen LogP) is 2.02. The van der Waals surface area contributed by atoms with Gasteiger partial charge in [0.1, 0.15) is 5.82 Å². The SMILES string of the molecule is CCCCN(C(=O)C=C(C)C)c1c(N)n(CCCC)c(=O)[nH]c1=O. The molecule has 0 radical (unpaired) electrons. The van der Waals surface area contributed by atoms with Crippen LogP contribution >= 0.6 is 0 Å². The maximum absolute atomic E-state index is 12.5. The van der Waals surface area contributed by atoms with Gasteiger partial charge in [-0.25, -0.2) is 4.79 Å². The second-order valence-electron chi connectivity index (χ2n) is 6.06. The van der Waals surface area contributed by atoms with Gasteiger partial charge in [-0.15, -0.1) is 0 Å². The molecule has 0 fully saturated rings. The Balaban J connectivity index is 3.46. The molecule has 1 amide bonds. The molecular formula is C17H28N4O3. The maximum atomic E-state index is 12.5. The van der Waals surface area contributed by atoms with Gasteiger partial charge in [-0.3, -0.25) is 19.1 Å². The summed E-state index contributed by atoms with van der Waals surface area (Å²) in [6, 6.07) is 0. The number of hydrogen-bond acceptors (Lipinski definition) is 4. The monoisotopic (exact) mass is 336 g/mol. The van der Waals surface area contributed by atoms with E-state index >= 15 is 0 Å². The van der Waals surface area contributed by atoms with Gasteiger partial charge in [0.05, 0.1) is 0 Å². The Kier molecular flexibility index (Phi) is 7.48. The third-order valence-electron chi connectivity index (χ3n) is 3.63. The zero-order valence-electron chi connectivity index (χ0n) is 15.0. The van der Waals surface area contributed by atoms with Gasteiger partial charge >= 0.3 is 5.69 Å². The number of aromatic amines is 1. The Bertz CT molecular complexity index is 712. The summed E-state index contributed by atoms with van der Waals surface area (Å²) in [4.78, 5) is 40.5. The molecule has 24 heavy (non-hydrogen) atoms. The van der Waals surface area contributed by atoms with Gasteiger partial charge in [0.25, 0.3) is 11.5 Å². The number of rotatable bonds is 8. The van der Waals surface area contributed by atoms with E-state index in [1.165, 1.54) is 15.5 Å². The molecule has 0 aliphatic rings. The van der Waals surface area contributed by atoms with Crippen LogP contribution in [0, 0.1) is 0 Å². The van der Waals surface area contributed by atoms with Crippen LogP contribution in [0.3, 0.4) is 0 Å². The third-order valence-corrected chi connectivity index (χ3v) is 3.63. The van der Waals surface area contributed by atoms with Crippen molar-refractivity contribution in [3.05, 3.63) is 32.5 Å². The number of nitrogens with two attached hydrogens (primary N) is 1. The van der Waals surface area contributed by atoms with Crippen molar-refractivity contribution in [1.29, 1.82) is 0 Å². The van der Waals surface area contributed by atoms with Crippen molar-refractivity contribution in [3.8, 4) is 0 Å². The molecule has 7 nitrogen and oxygen atoms in total. The van der Waals surface area contributed by atoms with Crippen LogP contribution in [0.2, 0.25) is 0 Å². The topological polar surface area (TPSA) is 101 Å². The second kappa shape index (κ2) is 9.10. The number of nitrogens with one attached hydrogen (secondary N) is 1. The highest BCUT2D eigenvalue weighted by Gasteiger charge is 2.22. The summed E-state index contributed by atoms with van der Waals surface area (Å²) in [5.74, 6) is -0.259. The summed E-state index contributed by atoms with van der Waals surface area (Å²) in [6.45, 7) is 8.40. The highest BCUT2D eigenvalue weighted by atomic mass is 16.2. The van der Waals surface area contributed by atoms with Gasteiger partial charge in [-0.2, -0.15) is 0 Å². The fourth-order valence-electron chi connectivity index (χ4n) is 2.35. The number of nitrogens with zero attached hydrogens (tertiary/aromatic N) is 2. The van der Waals surface area contributed by atoms with Crippen LogP contribution in [0.4, 0.5) is 11.5 Å². The van der Waals surface area contributed by atoms with Crippen LogP contribution in [-0.4, -0.2) is 22.0 Å². The zero-order chi connectivity index (χ0) is 18.3. The average molecular weight is 336 g/mol. The molecule has 0 unspecified atom stereocenters. The Labute approximate surface area is 142 Å². The van der Waals surface area contributed by atoms with Crippen molar-refractivity contribution < 1.29 is 4.79 Å². The van der Waals surface area contributed by atoms with Crippen molar-refractivity contribution in [2.75, 3.05) is 17.2 Å². The number of allylic oxidation sites excluding steroid dienone is 1. The van der Waals surface area contributed by atoms with E-state index in [4.69, 9.17) is 5.73 Å². The van der Waals surface area contributed by atoms with Gasteiger partial charge in [0.2, 0.25) is 0 Å². The fraction of sp³-hybridized carbons (Fsp3) is 0.588. The minimum absolute atomic E-state index is 0.0452. The number of carbonyl (C=O) groups is 1. The van der Waals surface area contributed by atoms with Crippen molar-refractivity contribution in [2.24, 2.45) is 0 Å². The fourth-order valence-corrected chi connectivity index (χ4v) is 2.35. The molecule has 0 spiro atoms. The minimum atomic E-state index is -0.628. The summed E-state index contributed by atoms with van der Waals surface area (Å²) in [5, 5.41) is 0. The average Bonchev–Trinajstić information content (AvgIpc) is 2.49. The number of anilines is 2. The highest BCUT2D eigenvalue weighted by molar-refractivity contribution is 6.03. The summed E-state index contributed by atoms with van der Waals surface area (Å²) < 4.78 is 1.33. The van der Waals surface area contributed by atoms with Gasteiger partial charge in [0.15, 0.2) is 5.69 Å². The van der Waals surface area contributed by atoms with E-state index in [0.717, 1.165) is 31.3 Å². The lowest BCUT2D eigenvalue weighted by atomic mass is 10.2. The van der Waals surface area contributed by atoms with Crippen LogP contribution in [0.25, 0.3) is 0 Å². The molecule has 0 bridgehead atoms. The minimum Gasteiger partial charge on any atom is -0.383 e. The normalized spacial score (nSPS) is 10.5. The quantitative estimate of drug-likeness (QED) is 0.709. The molecule has 7 heteroatoms. The molecule has 0 saturated carbocycles. The van der Waals surface area contributed by atoms with E-state index in [0.29, 0.717) is 13.1 Å². The van der Waals surface area contributed by atoms with E-state index in [9.17, 15) is 14.4 Å². The van der Waals surface area contributed by atoms with E-state index in [1.807, 2.05) is 27.7 Å². The lowest BCUT2D eigenvalue weighted by molar-refractivity contribution is -0.114. The van der Waals surface area contributed by atoms with Crippen molar-refractivity contribution >= 4 is 17.4 Å². The van der Waals surface area contributed by atoms with Gasteiger partial charge in [-0.05, 0) is 26.7 Å². The van der Waals surface area contributed by atoms with Crippen molar-refractivity contribution in [1.82, 2.24) is 9.55 Å². The third kappa shape index (κ3) is 4.84. The number of hydrogen-bond donors (Lipinski definition) is 2. The number of H-pyrrole nitrogens is 1. The molecule has 3 N–H and O–H groups in total. The smallest absolute Gasteiger partial charge is 0.330 e. The lowest BCUT2D eigenvalue weighted by Crippen LogP contribution is -2.41. The molecule has 1 aromatic heterocycles. The summed E-state index contributed by atoms with van der Waals surface area (Å²) in [6.07, 6.45) is 4.71. The van der Waals surface area contributed by atoms with Crippen LogP contribution in [0.1, 0.15) is 53.4 Å².